The minimum Gasteiger partial charge on any atom is -0.478 e. The first kappa shape index (κ1) is 13.4. The Morgan fingerprint density at radius 3 is 2.33 bits per heavy atom. The second-order valence-electron chi connectivity index (χ2n) is 1.55. The number of hydrogen-bond donors (Lipinski definition) is 3. The van der Waals surface area contributed by atoms with Crippen molar-refractivity contribution >= 4 is 18.4 Å². The summed E-state index contributed by atoms with van der Waals surface area (Å²) in [5, 5.41) is 8.34. The number of carbonyl (C=O) groups is 1. The number of rotatable bonds is 1. The molecule has 0 saturated heterocycles. The summed E-state index contributed by atoms with van der Waals surface area (Å²) < 4.78 is 0. The van der Waals surface area contributed by atoms with Crippen LogP contribution in [0.25, 0.3) is 0 Å². The summed E-state index contributed by atoms with van der Waals surface area (Å²) in [7, 11) is 0. The molecular weight excluding hydrogens is 182 g/mol. The molecule has 0 bridgehead atoms. The van der Waals surface area contributed by atoms with Crippen molar-refractivity contribution in [2.24, 2.45) is 11.7 Å². The number of halogens is 1. The molecule has 1 aromatic heterocycles. The molecule has 68 valence electrons. The Balaban J connectivity index is 0. The molecule has 0 unspecified atom stereocenters. The Morgan fingerprint density at radius 2 is 2.08 bits per heavy atom. The lowest BCUT2D eigenvalue weighted by atomic mass is 10.3. The van der Waals surface area contributed by atoms with Crippen LogP contribution in [-0.2, 0) is 0 Å². The smallest absolute Gasteiger partial charge is 0.337 e. The minimum atomic E-state index is -0.942. The van der Waals surface area contributed by atoms with Gasteiger partial charge in [-0.1, -0.05) is 0 Å². The molecule has 1 heterocycles. The molecule has 0 fully saturated rings. The third-order valence-corrected chi connectivity index (χ3v) is 0.908. The molecule has 0 spiro atoms. The summed E-state index contributed by atoms with van der Waals surface area (Å²) in [6.45, 7) is 0. The van der Waals surface area contributed by atoms with Gasteiger partial charge < -0.3 is 5.11 Å². The summed E-state index contributed by atoms with van der Waals surface area (Å²) >= 11 is 0. The highest BCUT2D eigenvalue weighted by Crippen LogP contribution is 1.92. The van der Waals surface area contributed by atoms with E-state index in [0.29, 0.717) is 0 Å². The van der Waals surface area contributed by atoms with Gasteiger partial charge in [0.15, 0.2) is 0 Å². The number of nitrogens with two attached hydrogens (primary N) is 2. The van der Waals surface area contributed by atoms with Crippen LogP contribution in [0, 0.1) is 0 Å². The molecule has 0 radical (unpaired) electrons. The summed E-state index contributed by atoms with van der Waals surface area (Å²) in [5.74, 6) is 7.06. The maximum absolute atomic E-state index is 10.2. The van der Waals surface area contributed by atoms with Crippen molar-refractivity contribution in [2.45, 2.75) is 0 Å². The van der Waals surface area contributed by atoms with Gasteiger partial charge in [-0.15, -0.1) is 12.4 Å². The second kappa shape index (κ2) is 7.93. The molecular formula is C6H10ClN3O2. The Bertz CT molecular complexity index is 217. The van der Waals surface area contributed by atoms with Gasteiger partial charge in [0.05, 0.1) is 5.56 Å². The van der Waals surface area contributed by atoms with Crippen LogP contribution >= 0.6 is 12.4 Å². The van der Waals surface area contributed by atoms with Crippen LogP contribution in [0.3, 0.4) is 0 Å². The minimum absolute atomic E-state index is 0. The van der Waals surface area contributed by atoms with Crippen molar-refractivity contribution < 1.29 is 9.90 Å². The fraction of sp³-hybridized carbons (Fsp3) is 0. The van der Waals surface area contributed by atoms with Crippen molar-refractivity contribution in [3.05, 3.63) is 30.1 Å². The van der Waals surface area contributed by atoms with Gasteiger partial charge >= 0.3 is 5.97 Å². The van der Waals surface area contributed by atoms with Crippen molar-refractivity contribution in [2.75, 3.05) is 0 Å². The van der Waals surface area contributed by atoms with Gasteiger partial charge in [0, 0.05) is 12.4 Å². The zero-order valence-corrected chi connectivity index (χ0v) is 6.99. The Kier molecular flexibility index (Phi) is 8.87. The van der Waals surface area contributed by atoms with Gasteiger partial charge in [0.25, 0.3) is 0 Å². The van der Waals surface area contributed by atoms with Crippen LogP contribution in [0.4, 0.5) is 0 Å². The third kappa shape index (κ3) is 4.62. The summed E-state index contributed by atoms with van der Waals surface area (Å²) in [4.78, 5) is 13.8. The average Bonchev–Trinajstić information content (AvgIpc) is 2.10. The van der Waals surface area contributed by atoms with Crippen LogP contribution in [-0.4, -0.2) is 16.1 Å². The van der Waals surface area contributed by atoms with E-state index in [2.05, 4.69) is 16.7 Å². The molecule has 0 atom stereocenters. The van der Waals surface area contributed by atoms with Gasteiger partial charge in [0.1, 0.15) is 0 Å². The van der Waals surface area contributed by atoms with Gasteiger partial charge in [-0.05, 0) is 12.1 Å². The first-order chi connectivity index (χ1) is 5.30. The number of hydrazine groups is 1. The lowest BCUT2D eigenvalue weighted by Crippen LogP contribution is -2.02. The quantitative estimate of drug-likeness (QED) is 0.429. The van der Waals surface area contributed by atoms with E-state index >= 15 is 0 Å². The number of pyridine rings is 1. The molecule has 0 aliphatic rings. The van der Waals surface area contributed by atoms with Crippen LogP contribution in [0.2, 0.25) is 0 Å². The highest BCUT2D eigenvalue weighted by Gasteiger charge is 1.97. The summed E-state index contributed by atoms with van der Waals surface area (Å²) in [6, 6.07) is 3.08. The van der Waals surface area contributed by atoms with E-state index in [4.69, 9.17) is 5.11 Å². The maximum atomic E-state index is 10.2. The predicted octanol–water partition coefficient (Wildman–Crippen LogP) is 0.0204. The first-order valence-electron chi connectivity index (χ1n) is 2.77. The fourth-order valence-corrected chi connectivity index (χ4v) is 0.489. The first-order valence-corrected chi connectivity index (χ1v) is 2.77. The highest BCUT2D eigenvalue weighted by atomic mass is 35.5. The van der Waals surface area contributed by atoms with Crippen molar-refractivity contribution in [3.8, 4) is 0 Å². The molecule has 0 aliphatic carbocycles. The van der Waals surface area contributed by atoms with E-state index < -0.39 is 5.97 Å². The Hall–Kier alpha value is -1.17. The maximum Gasteiger partial charge on any atom is 0.337 e. The normalized spacial score (nSPS) is 7.17. The average molecular weight is 192 g/mol. The van der Waals surface area contributed by atoms with E-state index in [1.807, 2.05) is 0 Å². The molecule has 5 N–H and O–H groups in total. The highest BCUT2D eigenvalue weighted by molar-refractivity contribution is 5.86. The molecule has 0 aromatic carbocycles. The van der Waals surface area contributed by atoms with E-state index in [0.717, 1.165) is 0 Å². The predicted molar refractivity (Wildman–Crippen MR) is 46.8 cm³/mol. The Morgan fingerprint density at radius 1 is 1.50 bits per heavy atom. The zero-order chi connectivity index (χ0) is 8.69. The van der Waals surface area contributed by atoms with Gasteiger partial charge in [-0.3, -0.25) is 16.7 Å². The van der Waals surface area contributed by atoms with Crippen LogP contribution < -0.4 is 11.7 Å². The Labute approximate surface area is 75.8 Å². The monoisotopic (exact) mass is 191 g/mol. The molecule has 0 amide bonds. The number of aromatic carboxylic acids is 1. The summed E-state index contributed by atoms with van der Waals surface area (Å²) in [5.41, 5.74) is 0.220. The standard InChI is InChI=1S/C6H5NO2.ClH.H4N2/c8-6(9)5-2-1-3-7-4-5;;1-2/h1-4H,(H,8,9);1H;1-2H2. The molecule has 1 rings (SSSR count). The molecule has 6 heteroatoms. The van der Waals surface area contributed by atoms with Gasteiger partial charge in [0.2, 0.25) is 0 Å². The van der Waals surface area contributed by atoms with Crippen LogP contribution in [0.5, 0.6) is 0 Å². The zero-order valence-electron chi connectivity index (χ0n) is 6.18. The SMILES string of the molecule is Cl.NN.O=C(O)c1cccnc1. The molecule has 0 aliphatic heterocycles. The topological polar surface area (TPSA) is 102 Å². The van der Waals surface area contributed by atoms with Gasteiger partial charge in [-0.2, -0.15) is 0 Å². The van der Waals surface area contributed by atoms with Crippen LogP contribution in [0.1, 0.15) is 10.4 Å². The third-order valence-electron chi connectivity index (χ3n) is 0.908. The van der Waals surface area contributed by atoms with Crippen molar-refractivity contribution in [3.63, 3.8) is 0 Å². The lowest BCUT2D eigenvalue weighted by Gasteiger charge is -1.87. The van der Waals surface area contributed by atoms with E-state index in [9.17, 15) is 4.79 Å². The van der Waals surface area contributed by atoms with Crippen LogP contribution in [0.15, 0.2) is 24.5 Å². The largest absolute Gasteiger partial charge is 0.478 e. The molecule has 1 aromatic rings. The number of aromatic nitrogens is 1. The number of nitrogens with zero attached hydrogens (tertiary/aromatic N) is 1. The van der Waals surface area contributed by atoms with E-state index in [1.165, 1.54) is 18.5 Å². The lowest BCUT2D eigenvalue weighted by molar-refractivity contribution is 0.0696. The van der Waals surface area contributed by atoms with Crippen molar-refractivity contribution in [1.29, 1.82) is 0 Å². The fourth-order valence-electron chi connectivity index (χ4n) is 0.489. The van der Waals surface area contributed by atoms with E-state index in [1.54, 1.807) is 6.07 Å². The van der Waals surface area contributed by atoms with Crippen molar-refractivity contribution in [1.82, 2.24) is 4.98 Å². The summed E-state index contributed by atoms with van der Waals surface area (Å²) in [6.07, 6.45) is 2.84. The van der Waals surface area contributed by atoms with Gasteiger partial charge in [-0.25, -0.2) is 4.79 Å². The molecule has 5 nitrogen and oxygen atoms in total. The second-order valence-corrected chi connectivity index (χ2v) is 1.55. The number of hydrogen-bond acceptors (Lipinski definition) is 4. The number of carboxylic acid groups (broad SMARTS) is 1. The number of carboxylic acids is 1. The molecule has 0 saturated carbocycles. The molecule has 12 heavy (non-hydrogen) atoms. The van der Waals surface area contributed by atoms with E-state index in [-0.39, 0.29) is 18.0 Å².